The molecule has 0 aromatic heterocycles. The standard InChI is InChI=1S/C28H43N3O7/c1-5-8-16-37-26(35)22-21-24(33)31(20(7-3)19-32)23(28(21)10-9-27(22,4)38-28)25(34)30(11-6-2)13-12-29-14-17-36-18-15-29/h5-6,20-23,32H,1-2,7-19H2,3-4H3/t20-,21-,22-,23?,27+,28?/m0/s1. The fraction of sp³-hybridized carbons (Fsp3) is 0.750. The molecular formula is C28H43N3O7. The van der Waals surface area contributed by atoms with Crippen molar-refractivity contribution in [1.29, 1.82) is 0 Å². The van der Waals surface area contributed by atoms with Gasteiger partial charge in [-0.15, -0.1) is 13.2 Å². The zero-order valence-electron chi connectivity index (χ0n) is 22.8. The van der Waals surface area contributed by atoms with Crippen LogP contribution in [0.15, 0.2) is 25.3 Å². The average molecular weight is 534 g/mol. The molecule has 6 atom stereocenters. The van der Waals surface area contributed by atoms with Gasteiger partial charge in [-0.05, 0) is 32.6 Å². The number of aliphatic hydroxyl groups is 1. The highest BCUT2D eigenvalue weighted by atomic mass is 16.6. The number of hydrogen-bond donors (Lipinski definition) is 1. The molecule has 10 nitrogen and oxygen atoms in total. The smallest absolute Gasteiger partial charge is 0.312 e. The van der Waals surface area contributed by atoms with Crippen LogP contribution in [-0.4, -0.2) is 120 Å². The fourth-order valence-corrected chi connectivity index (χ4v) is 6.85. The van der Waals surface area contributed by atoms with Gasteiger partial charge in [0.1, 0.15) is 17.6 Å². The first-order chi connectivity index (χ1) is 18.3. The van der Waals surface area contributed by atoms with E-state index >= 15 is 0 Å². The van der Waals surface area contributed by atoms with Crippen molar-refractivity contribution in [2.75, 3.05) is 59.2 Å². The molecule has 10 heteroatoms. The Bertz CT molecular complexity index is 918. The van der Waals surface area contributed by atoms with Gasteiger partial charge >= 0.3 is 5.97 Å². The average Bonchev–Trinajstić information content (AvgIpc) is 3.48. The van der Waals surface area contributed by atoms with Crippen LogP contribution in [0.2, 0.25) is 0 Å². The van der Waals surface area contributed by atoms with Crippen LogP contribution in [0.25, 0.3) is 0 Å². The van der Waals surface area contributed by atoms with Gasteiger partial charge in [0.2, 0.25) is 11.8 Å². The highest BCUT2D eigenvalue weighted by Crippen LogP contribution is 2.63. The van der Waals surface area contributed by atoms with Gasteiger partial charge in [-0.3, -0.25) is 19.3 Å². The summed E-state index contributed by atoms with van der Waals surface area (Å²) < 4.78 is 17.6. The largest absolute Gasteiger partial charge is 0.465 e. The minimum Gasteiger partial charge on any atom is -0.465 e. The van der Waals surface area contributed by atoms with Gasteiger partial charge in [-0.1, -0.05) is 19.1 Å². The summed E-state index contributed by atoms with van der Waals surface area (Å²) in [5.41, 5.74) is -2.04. The Morgan fingerprint density at radius 2 is 2.00 bits per heavy atom. The molecule has 0 aromatic rings. The van der Waals surface area contributed by atoms with E-state index in [4.69, 9.17) is 14.2 Å². The van der Waals surface area contributed by atoms with E-state index in [9.17, 15) is 19.5 Å². The third-order valence-corrected chi connectivity index (χ3v) is 8.80. The molecule has 4 aliphatic heterocycles. The maximum absolute atomic E-state index is 14.4. The van der Waals surface area contributed by atoms with E-state index in [0.717, 1.165) is 13.1 Å². The first kappa shape index (κ1) is 28.7. The first-order valence-corrected chi connectivity index (χ1v) is 13.9. The van der Waals surface area contributed by atoms with E-state index in [1.54, 1.807) is 17.1 Å². The lowest BCUT2D eigenvalue weighted by Crippen LogP contribution is -2.59. The van der Waals surface area contributed by atoms with Crippen LogP contribution in [0.1, 0.15) is 39.5 Å². The van der Waals surface area contributed by atoms with Gasteiger partial charge in [0.15, 0.2) is 0 Å². The van der Waals surface area contributed by atoms with Gasteiger partial charge in [0.25, 0.3) is 0 Å². The summed E-state index contributed by atoms with van der Waals surface area (Å²) in [4.78, 5) is 47.3. The number of carbonyl (C=O) groups is 3. The molecule has 4 aliphatic rings. The van der Waals surface area contributed by atoms with Crippen LogP contribution in [0.5, 0.6) is 0 Å². The number of hydrogen-bond acceptors (Lipinski definition) is 8. The Kier molecular flexibility index (Phi) is 8.96. The number of fused-ring (bicyclic) bond motifs is 1. The van der Waals surface area contributed by atoms with Crippen LogP contribution in [0.3, 0.4) is 0 Å². The van der Waals surface area contributed by atoms with Crippen molar-refractivity contribution in [2.24, 2.45) is 11.8 Å². The maximum atomic E-state index is 14.4. The molecule has 0 aliphatic carbocycles. The van der Waals surface area contributed by atoms with E-state index in [2.05, 4.69) is 18.1 Å². The minimum absolute atomic E-state index is 0.178. The molecular weight excluding hydrogens is 490 g/mol. The van der Waals surface area contributed by atoms with Crippen LogP contribution in [0.4, 0.5) is 0 Å². The summed E-state index contributed by atoms with van der Waals surface area (Å²) in [5.74, 6) is -2.67. The SMILES string of the molecule is C=CCCOC(=O)[C@@H]1[C@H]2C(=O)N([C@@H](CC)CO)C(C(=O)N(CC=C)CCN3CCOCC3)C23CC[C@@]1(C)O3. The maximum Gasteiger partial charge on any atom is 0.312 e. The monoisotopic (exact) mass is 533 g/mol. The number of aliphatic hydroxyl groups excluding tert-OH is 1. The van der Waals surface area contributed by atoms with Gasteiger partial charge in [0, 0.05) is 32.7 Å². The third kappa shape index (κ3) is 4.92. The highest BCUT2D eigenvalue weighted by Gasteiger charge is 2.79. The molecule has 212 valence electrons. The molecule has 0 radical (unpaired) electrons. The molecule has 4 saturated heterocycles. The first-order valence-electron chi connectivity index (χ1n) is 13.9. The summed E-state index contributed by atoms with van der Waals surface area (Å²) in [7, 11) is 0. The lowest BCUT2D eigenvalue weighted by atomic mass is 9.66. The van der Waals surface area contributed by atoms with E-state index in [0.29, 0.717) is 58.5 Å². The summed E-state index contributed by atoms with van der Waals surface area (Å²) in [5, 5.41) is 10.2. The van der Waals surface area contributed by atoms with Crippen molar-refractivity contribution in [1.82, 2.24) is 14.7 Å². The zero-order chi connectivity index (χ0) is 27.5. The summed E-state index contributed by atoms with van der Waals surface area (Å²) >= 11 is 0. The molecule has 1 N–H and O–H groups in total. The normalized spacial score (nSPS) is 33.2. The van der Waals surface area contributed by atoms with Crippen molar-refractivity contribution >= 4 is 17.8 Å². The van der Waals surface area contributed by atoms with E-state index in [-0.39, 0.29) is 25.0 Å². The molecule has 0 saturated carbocycles. The number of nitrogens with zero attached hydrogens (tertiary/aromatic N) is 3. The summed E-state index contributed by atoms with van der Waals surface area (Å²) in [6.45, 7) is 15.5. The number of likely N-dealkylation sites (tertiary alicyclic amines) is 1. The molecule has 2 unspecified atom stereocenters. The number of carbonyl (C=O) groups excluding carboxylic acids is 3. The van der Waals surface area contributed by atoms with Crippen LogP contribution in [-0.2, 0) is 28.6 Å². The van der Waals surface area contributed by atoms with E-state index in [1.807, 2.05) is 13.8 Å². The Morgan fingerprint density at radius 1 is 1.26 bits per heavy atom. The number of ether oxygens (including phenoxy) is 3. The Hall–Kier alpha value is -2.27. The predicted octanol–water partition coefficient (Wildman–Crippen LogP) is 0.988. The van der Waals surface area contributed by atoms with Gasteiger partial charge in [0.05, 0.1) is 44.0 Å². The van der Waals surface area contributed by atoms with E-state index < -0.39 is 41.1 Å². The Morgan fingerprint density at radius 3 is 2.63 bits per heavy atom. The second kappa shape index (κ2) is 11.9. The number of esters is 1. The molecule has 2 bridgehead atoms. The second-order valence-electron chi connectivity index (χ2n) is 11.0. The van der Waals surface area contributed by atoms with Gasteiger partial charge in [-0.25, -0.2) is 0 Å². The summed E-state index contributed by atoms with van der Waals surface area (Å²) in [6, 6.07) is -1.50. The molecule has 0 aromatic carbocycles. The molecule has 38 heavy (non-hydrogen) atoms. The van der Waals surface area contributed by atoms with Crippen LogP contribution >= 0.6 is 0 Å². The molecule has 1 spiro atoms. The highest BCUT2D eigenvalue weighted by molar-refractivity contribution is 5.98. The second-order valence-corrected chi connectivity index (χ2v) is 11.0. The molecule has 4 rings (SSSR count). The van der Waals surface area contributed by atoms with Crippen LogP contribution < -0.4 is 0 Å². The van der Waals surface area contributed by atoms with Crippen molar-refractivity contribution in [3.8, 4) is 0 Å². The van der Waals surface area contributed by atoms with Crippen LogP contribution in [0, 0.1) is 11.8 Å². The van der Waals surface area contributed by atoms with E-state index in [1.165, 1.54) is 4.90 Å². The Labute approximate surface area is 225 Å². The Balaban J connectivity index is 1.67. The number of rotatable bonds is 13. The molecule has 4 fully saturated rings. The zero-order valence-corrected chi connectivity index (χ0v) is 22.8. The number of amides is 2. The van der Waals surface area contributed by atoms with Crippen molar-refractivity contribution < 1.29 is 33.7 Å². The quantitative estimate of drug-likeness (QED) is 0.212. The minimum atomic E-state index is -1.15. The van der Waals surface area contributed by atoms with Gasteiger partial charge in [-0.2, -0.15) is 0 Å². The third-order valence-electron chi connectivity index (χ3n) is 8.80. The molecule has 2 amide bonds. The lowest BCUT2D eigenvalue weighted by molar-refractivity contribution is -0.162. The predicted molar refractivity (Wildman–Crippen MR) is 140 cm³/mol. The number of morpholine rings is 1. The fourth-order valence-electron chi connectivity index (χ4n) is 6.85. The topological polar surface area (TPSA) is 109 Å². The molecule has 4 heterocycles. The van der Waals surface area contributed by atoms with Crippen molar-refractivity contribution in [3.05, 3.63) is 25.3 Å². The van der Waals surface area contributed by atoms with Gasteiger partial charge < -0.3 is 29.1 Å². The van der Waals surface area contributed by atoms with Crippen molar-refractivity contribution in [2.45, 2.75) is 62.8 Å². The van der Waals surface area contributed by atoms with Crippen molar-refractivity contribution in [3.63, 3.8) is 0 Å². The lowest BCUT2D eigenvalue weighted by Gasteiger charge is -2.39. The summed E-state index contributed by atoms with van der Waals surface area (Å²) in [6.07, 6.45) is 5.36.